The molecule has 1 N–H and O–H groups in total. The molecule has 0 amide bonds. The molecule has 1 nitrogen and oxygen atoms in total. The number of hydrogen-bond acceptors (Lipinski definition) is 1. The van der Waals surface area contributed by atoms with Gasteiger partial charge in [-0.15, -0.1) is 24.0 Å². The van der Waals surface area contributed by atoms with Gasteiger partial charge in [-0.2, -0.15) is 0 Å². The molecular weight excluding hydrogens is 181 g/mol. The van der Waals surface area contributed by atoms with E-state index in [2.05, 4.69) is 33.0 Å². The third-order valence-corrected chi connectivity index (χ3v) is 0.667. The van der Waals surface area contributed by atoms with Crippen LogP contribution in [0.5, 0.6) is 0 Å². The summed E-state index contributed by atoms with van der Waals surface area (Å²) in [6.45, 7) is 10.5. The van der Waals surface area contributed by atoms with Crippen molar-refractivity contribution in [1.29, 1.82) is 0 Å². The van der Waals surface area contributed by atoms with Crippen LogP contribution in [0.15, 0.2) is 0 Å². The Bertz CT molecular complexity index is 50.1. The minimum atomic E-state index is 0. The lowest BCUT2D eigenvalue weighted by molar-refractivity contribution is 0.518. The quantitative estimate of drug-likeness (QED) is 0.678. The van der Waals surface area contributed by atoms with E-state index in [-0.39, 0.29) is 12.4 Å². The molecule has 0 aliphatic rings. The molecule has 3 heteroatoms. The van der Waals surface area contributed by atoms with E-state index in [0.29, 0.717) is 12.1 Å². The van der Waals surface area contributed by atoms with E-state index in [1.807, 2.05) is 6.92 Å². The molecule has 0 aliphatic carbocycles. The van der Waals surface area contributed by atoms with Crippen molar-refractivity contribution in [2.24, 2.45) is 0 Å². The van der Waals surface area contributed by atoms with Crippen LogP contribution in [-0.2, 0) is 0 Å². The van der Waals surface area contributed by atoms with Gasteiger partial charge in [0.25, 0.3) is 0 Å². The van der Waals surface area contributed by atoms with Gasteiger partial charge in [0.2, 0.25) is 0 Å². The molecule has 0 rings (SSSR count). The van der Waals surface area contributed by atoms with Crippen molar-refractivity contribution in [3.63, 3.8) is 0 Å². The molecule has 0 spiro atoms. The molecule has 0 aromatic heterocycles. The third-order valence-electron chi connectivity index (χ3n) is 0.667. The zero-order valence-corrected chi connectivity index (χ0v) is 9.72. The lowest BCUT2D eigenvalue weighted by Gasteiger charge is -2.10. The molecule has 0 unspecified atom stereocenters. The Morgan fingerprint density at radius 1 is 1.09 bits per heavy atom. The minimum Gasteiger partial charge on any atom is -0.312 e. The molecular formula is C8H21Cl2N. The first-order valence-corrected chi connectivity index (χ1v) is 4.40. The molecule has 0 atom stereocenters. The maximum Gasteiger partial charge on any atom is 0.0195 e. The lowest BCUT2D eigenvalue weighted by atomic mass is 10.3. The van der Waals surface area contributed by atoms with Crippen molar-refractivity contribution < 1.29 is 0 Å². The van der Waals surface area contributed by atoms with Crippen molar-refractivity contribution in [3.05, 3.63) is 0 Å². The molecule has 0 bridgehead atoms. The number of hydrogen-bond donors (Lipinski definition) is 1. The van der Waals surface area contributed by atoms with E-state index in [1.165, 1.54) is 0 Å². The van der Waals surface area contributed by atoms with E-state index >= 15 is 0 Å². The largest absolute Gasteiger partial charge is 0.312 e. The van der Waals surface area contributed by atoms with Gasteiger partial charge in [0.1, 0.15) is 0 Å². The average molecular weight is 202 g/mol. The maximum atomic E-state index is 5.00. The van der Waals surface area contributed by atoms with Crippen molar-refractivity contribution >= 4 is 24.0 Å². The number of halogens is 2. The standard InChI is InChI=1S/C6H15N.C2H5Cl.ClH/c1-5(2)7-6(3)4;1-2-3;/h5-7H,1-4H3;2H2,1H3;1H. The molecule has 0 saturated heterocycles. The number of alkyl halides is 1. The van der Waals surface area contributed by atoms with Gasteiger partial charge in [0.05, 0.1) is 0 Å². The van der Waals surface area contributed by atoms with Gasteiger partial charge >= 0.3 is 0 Å². The molecule has 0 radical (unpaired) electrons. The van der Waals surface area contributed by atoms with Gasteiger partial charge in [-0.3, -0.25) is 0 Å². The molecule has 0 aromatic carbocycles. The summed E-state index contributed by atoms with van der Waals surface area (Å²) in [6.07, 6.45) is 0. The van der Waals surface area contributed by atoms with Crippen LogP contribution in [0.1, 0.15) is 34.6 Å². The van der Waals surface area contributed by atoms with Crippen molar-refractivity contribution in [3.8, 4) is 0 Å². The molecule has 0 aromatic rings. The Morgan fingerprint density at radius 3 is 1.27 bits per heavy atom. The fraction of sp³-hybridized carbons (Fsp3) is 1.00. The van der Waals surface area contributed by atoms with Gasteiger partial charge < -0.3 is 5.32 Å². The topological polar surface area (TPSA) is 12.0 Å². The summed E-state index contributed by atoms with van der Waals surface area (Å²) in [7, 11) is 0. The highest BCUT2D eigenvalue weighted by atomic mass is 35.5. The Kier molecular flexibility index (Phi) is 21.0. The van der Waals surface area contributed by atoms with Crippen molar-refractivity contribution in [2.45, 2.75) is 46.7 Å². The molecule has 0 saturated carbocycles. The summed E-state index contributed by atoms with van der Waals surface area (Å²) in [5.74, 6) is 0.722. The lowest BCUT2D eigenvalue weighted by Crippen LogP contribution is -2.29. The fourth-order valence-electron chi connectivity index (χ4n) is 0.667. The van der Waals surface area contributed by atoms with Crippen LogP contribution < -0.4 is 5.32 Å². The van der Waals surface area contributed by atoms with Crippen molar-refractivity contribution in [1.82, 2.24) is 5.32 Å². The monoisotopic (exact) mass is 201 g/mol. The Labute approximate surface area is 82.3 Å². The van der Waals surface area contributed by atoms with E-state index in [4.69, 9.17) is 11.6 Å². The first-order chi connectivity index (χ1) is 4.54. The van der Waals surface area contributed by atoms with Crippen LogP contribution in [0.25, 0.3) is 0 Å². The SMILES string of the molecule is CC(C)NC(C)C.CCCl.Cl. The van der Waals surface area contributed by atoms with Crippen molar-refractivity contribution in [2.75, 3.05) is 5.88 Å². The summed E-state index contributed by atoms with van der Waals surface area (Å²) in [4.78, 5) is 0. The molecule has 11 heavy (non-hydrogen) atoms. The highest BCUT2D eigenvalue weighted by molar-refractivity contribution is 6.17. The van der Waals surface area contributed by atoms with Crippen LogP contribution in [0.4, 0.5) is 0 Å². The smallest absolute Gasteiger partial charge is 0.0195 e. The van der Waals surface area contributed by atoms with E-state index in [1.54, 1.807) is 0 Å². The zero-order chi connectivity index (χ0) is 8.57. The maximum absolute atomic E-state index is 5.00. The molecule has 0 heterocycles. The number of nitrogens with one attached hydrogen (secondary N) is 1. The molecule has 0 fully saturated rings. The summed E-state index contributed by atoms with van der Waals surface area (Å²) in [5, 5.41) is 3.31. The molecule has 0 aliphatic heterocycles. The van der Waals surface area contributed by atoms with Crippen LogP contribution in [0.3, 0.4) is 0 Å². The Morgan fingerprint density at radius 2 is 1.27 bits per heavy atom. The van der Waals surface area contributed by atoms with Gasteiger partial charge in [0, 0.05) is 18.0 Å². The molecule has 72 valence electrons. The Hall–Kier alpha value is 0.540. The van der Waals surface area contributed by atoms with Gasteiger partial charge in [-0.05, 0) is 0 Å². The highest BCUT2D eigenvalue weighted by Gasteiger charge is 1.92. The highest BCUT2D eigenvalue weighted by Crippen LogP contribution is 1.80. The second-order valence-corrected chi connectivity index (χ2v) is 3.28. The predicted molar refractivity (Wildman–Crippen MR) is 57.0 cm³/mol. The normalized spacial score (nSPS) is 8.73. The van der Waals surface area contributed by atoms with E-state index in [0.717, 1.165) is 5.88 Å². The average Bonchev–Trinajstić information content (AvgIpc) is 1.62. The second-order valence-electron chi connectivity index (χ2n) is 2.74. The van der Waals surface area contributed by atoms with Gasteiger partial charge in [-0.1, -0.05) is 34.6 Å². The Balaban J connectivity index is -0.000000140. The summed E-state index contributed by atoms with van der Waals surface area (Å²) < 4.78 is 0. The summed E-state index contributed by atoms with van der Waals surface area (Å²) >= 11 is 5.00. The summed E-state index contributed by atoms with van der Waals surface area (Å²) in [6, 6.07) is 1.25. The summed E-state index contributed by atoms with van der Waals surface area (Å²) in [5.41, 5.74) is 0. The second kappa shape index (κ2) is 13.2. The van der Waals surface area contributed by atoms with Crippen LogP contribution in [0.2, 0.25) is 0 Å². The van der Waals surface area contributed by atoms with Gasteiger partial charge in [0.15, 0.2) is 0 Å². The van der Waals surface area contributed by atoms with Gasteiger partial charge in [-0.25, -0.2) is 0 Å². The third kappa shape index (κ3) is 37.3. The van der Waals surface area contributed by atoms with E-state index in [9.17, 15) is 0 Å². The predicted octanol–water partition coefficient (Wildman–Crippen LogP) is 3.06. The fourth-order valence-corrected chi connectivity index (χ4v) is 0.667. The van der Waals surface area contributed by atoms with Crippen LogP contribution in [0, 0.1) is 0 Å². The van der Waals surface area contributed by atoms with E-state index < -0.39 is 0 Å². The number of rotatable bonds is 2. The minimum absolute atomic E-state index is 0. The first-order valence-electron chi connectivity index (χ1n) is 3.86. The van der Waals surface area contributed by atoms with Crippen LogP contribution >= 0.6 is 24.0 Å². The first kappa shape index (κ1) is 17.6. The zero-order valence-electron chi connectivity index (χ0n) is 8.15. The van der Waals surface area contributed by atoms with Crippen LogP contribution in [-0.4, -0.2) is 18.0 Å².